The second-order valence-corrected chi connectivity index (χ2v) is 4.87. The van der Waals surface area contributed by atoms with E-state index in [1.807, 2.05) is 6.07 Å². The van der Waals surface area contributed by atoms with E-state index in [0.29, 0.717) is 12.0 Å². The van der Waals surface area contributed by atoms with Gasteiger partial charge < -0.3 is 5.32 Å². The molecule has 0 bridgehead atoms. The lowest BCUT2D eigenvalue weighted by Gasteiger charge is -2.23. The van der Waals surface area contributed by atoms with E-state index in [-0.39, 0.29) is 10.8 Å². The minimum Gasteiger partial charge on any atom is -0.314 e. The molecule has 0 heterocycles. The summed E-state index contributed by atoms with van der Waals surface area (Å²) in [5, 5.41) is 3.65. The van der Waals surface area contributed by atoms with Gasteiger partial charge in [0.25, 0.3) is 0 Å². The molecule has 0 aromatic heterocycles. The second kappa shape index (κ2) is 6.97. The van der Waals surface area contributed by atoms with Gasteiger partial charge in [-0.1, -0.05) is 37.9 Å². The average molecular weight is 258 g/mol. The number of benzene rings is 1. The van der Waals surface area contributed by atoms with Crippen LogP contribution in [-0.2, 0) is 6.42 Å². The first-order valence-corrected chi connectivity index (χ1v) is 6.63. The Labute approximate surface area is 108 Å². The molecule has 17 heavy (non-hydrogen) atoms. The van der Waals surface area contributed by atoms with E-state index in [9.17, 15) is 4.39 Å². The first kappa shape index (κ1) is 14.5. The maximum atomic E-state index is 13.1. The molecular formula is C14H21ClFN. The predicted octanol–water partition coefficient (Wildman–Crippen LogP) is 4.05. The molecule has 1 aromatic rings. The molecule has 1 aromatic carbocycles. The van der Waals surface area contributed by atoms with Crippen molar-refractivity contribution in [3.05, 3.63) is 34.6 Å². The fourth-order valence-electron chi connectivity index (χ4n) is 2.13. The van der Waals surface area contributed by atoms with Crippen molar-refractivity contribution in [3.63, 3.8) is 0 Å². The minimum absolute atomic E-state index is 0.216. The van der Waals surface area contributed by atoms with Crippen molar-refractivity contribution in [2.45, 2.75) is 39.7 Å². The van der Waals surface area contributed by atoms with Crippen LogP contribution < -0.4 is 5.32 Å². The first-order valence-electron chi connectivity index (χ1n) is 6.25. The highest BCUT2D eigenvalue weighted by Crippen LogP contribution is 2.21. The molecule has 1 nitrogen and oxygen atoms in total. The molecule has 3 heteroatoms. The summed E-state index contributed by atoms with van der Waals surface area (Å²) < 4.78 is 13.1. The van der Waals surface area contributed by atoms with E-state index in [0.717, 1.165) is 24.9 Å². The maximum absolute atomic E-state index is 13.1. The van der Waals surface area contributed by atoms with E-state index >= 15 is 0 Å². The molecule has 0 aliphatic rings. The lowest BCUT2D eigenvalue weighted by Crippen LogP contribution is -2.34. The summed E-state index contributed by atoms with van der Waals surface area (Å²) >= 11 is 5.79. The van der Waals surface area contributed by atoms with Gasteiger partial charge in [-0.3, -0.25) is 0 Å². The van der Waals surface area contributed by atoms with Crippen molar-refractivity contribution < 1.29 is 4.39 Å². The summed E-state index contributed by atoms with van der Waals surface area (Å²) in [7, 11) is 0. The fraction of sp³-hybridized carbons (Fsp3) is 0.571. The summed E-state index contributed by atoms with van der Waals surface area (Å²) in [6.07, 6.45) is 2.04. The number of nitrogens with one attached hydrogen (secondary N) is 1. The summed E-state index contributed by atoms with van der Waals surface area (Å²) in [6.45, 7) is 7.46. The van der Waals surface area contributed by atoms with Crippen LogP contribution in [0, 0.1) is 11.7 Å². The van der Waals surface area contributed by atoms with Crippen molar-refractivity contribution in [1.29, 1.82) is 0 Å². The smallest absolute Gasteiger partial charge is 0.141 e. The molecular weight excluding hydrogens is 237 g/mol. The Bertz CT molecular complexity index is 354. The van der Waals surface area contributed by atoms with Crippen LogP contribution in [0.2, 0.25) is 5.02 Å². The fourth-order valence-corrected chi connectivity index (χ4v) is 2.34. The third-order valence-corrected chi connectivity index (χ3v) is 3.53. The molecule has 0 spiro atoms. The van der Waals surface area contributed by atoms with E-state index in [1.54, 1.807) is 6.07 Å². The SMILES string of the molecule is CCNC(C)C(CC)Cc1ccc(F)c(Cl)c1. The number of halogens is 2. The highest BCUT2D eigenvalue weighted by Gasteiger charge is 2.15. The topological polar surface area (TPSA) is 12.0 Å². The van der Waals surface area contributed by atoms with Gasteiger partial charge in [-0.25, -0.2) is 4.39 Å². The second-order valence-electron chi connectivity index (χ2n) is 4.47. The van der Waals surface area contributed by atoms with Gasteiger partial charge in [0.15, 0.2) is 0 Å². The molecule has 0 aliphatic heterocycles. The van der Waals surface area contributed by atoms with Crippen LogP contribution in [0.15, 0.2) is 18.2 Å². The van der Waals surface area contributed by atoms with Crippen molar-refractivity contribution in [2.24, 2.45) is 5.92 Å². The molecule has 2 unspecified atom stereocenters. The summed E-state index contributed by atoms with van der Waals surface area (Å²) in [6, 6.07) is 5.47. The van der Waals surface area contributed by atoms with E-state index in [1.165, 1.54) is 6.07 Å². The van der Waals surface area contributed by atoms with E-state index < -0.39 is 0 Å². The van der Waals surface area contributed by atoms with Crippen LogP contribution in [0.5, 0.6) is 0 Å². The van der Waals surface area contributed by atoms with Crippen LogP contribution in [0.25, 0.3) is 0 Å². The Morgan fingerprint density at radius 3 is 2.59 bits per heavy atom. The monoisotopic (exact) mass is 257 g/mol. The summed E-state index contributed by atoms with van der Waals surface area (Å²) in [4.78, 5) is 0. The Balaban J connectivity index is 2.70. The number of rotatable bonds is 6. The highest BCUT2D eigenvalue weighted by molar-refractivity contribution is 6.30. The van der Waals surface area contributed by atoms with Crippen LogP contribution in [0.3, 0.4) is 0 Å². The normalized spacial score (nSPS) is 14.6. The largest absolute Gasteiger partial charge is 0.314 e. The van der Waals surface area contributed by atoms with Gasteiger partial charge >= 0.3 is 0 Å². The van der Waals surface area contributed by atoms with Crippen molar-refractivity contribution >= 4 is 11.6 Å². The Morgan fingerprint density at radius 1 is 1.35 bits per heavy atom. The third-order valence-electron chi connectivity index (χ3n) is 3.24. The van der Waals surface area contributed by atoms with Gasteiger partial charge in [0.2, 0.25) is 0 Å². The molecule has 1 rings (SSSR count). The quantitative estimate of drug-likeness (QED) is 0.811. The standard InChI is InChI=1S/C14H21ClFN/c1-4-12(10(3)17-5-2)8-11-6-7-14(16)13(15)9-11/h6-7,9-10,12,17H,4-5,8H2,1-3H3. The van der Waals surface area contributed by atoms with Gasteiger partial charge in [-0.2, -0.15) is 0 Å². The highest BCUT2D eigenvalue weighted by atomic mass is 35.5. The molecule has 0 fully saturated rings. The van der Waals surface area contributed by atoms with Crippen LogP contribution in [0.1, 0.15) is 32.8 Å². The molecule has 0 radical (unpaired) electrons. The number of hydrogen-bond acceptors (Lipinski definition) is 1. The molecule has 0 saturated heterocycles. The van der Waals surface area contributed by atoms with Crippen LogP contribution >= 0.6 is 11.6 Å². The van der Waals surface area contributed by atoms with Crippen LogP contribution in [-0.4, -0.2) is 12.6 Å². The van der Waals surface area contributed by atoms with Crippen molar-refractivity contribution in [3.8, 4) is 0 Å². The molecule has 0 saturated carbocycles. The zero-order valence-electron chi connectivity index (χ0n) is 10.8. The molecule has 0 amide bonds. The van der Waals surface area contributed by atoms with Crippen molar-refractivity contribution in [1.82, 2.24) is 5.32 Å². The number of hydrogen-bond donors (Lipinski definition) is 1. The Hall–Kier alpha value is -0.600. The molecule has 1 N–H and O–H groups in total. The van der Waals surface area contributed by atoms with Gasteiger partial charge in [-0.15, -0.1) is 0 Å². The minimum atomic E-state index is -0.344. The lowest BCUT2D eigenvalue weighted by atomic mass is 9.91. The van der Waals surface area contributed by atoms with E-state index in [4.69, 9.17) is 11.6 Å². The summed E-state index contributed by atoms with van der Waals surface area (Å²) in [5.41, 5.74) is 1.10. The van der Waals surface area contributed by atoms with E-state index in [2.05, 4.69) is 26.1 Å². The molecule has 2 atom stereocenters. The zero-order valence-corrected chi connectivity index (χ0v) is 11.5. The Morgan fingerprint density at radius 2 is 2.06 bits per heavy atom. The van der Waals surface area contributed by atoms with Gasteiger partial charge in [-0.05, 0) is 43.5 Å². The van der Waals surface area contributed by atoms with Gasteiger partial charge in [0.1, 0.15) is 5.82 Å². The van der Waals surface area contributed by atoms with Gasteiger partial charge in [0, 0.05) is 6.04 Å². The zero-order chi connectivity index (χ0) is 12.8. The molecule has 0 aliphatic carbocycles. The molecule has 96 valence electrons. The Kier molecular flexibility index (Phi) is 5.93. The van der Waals surface area contributed by atoms with Crippen molar-refractivity contribution in [2.75, 3.05) is 6.54 Å². The average Bonchev–Trinajstić information content (AvgIpc) is 2.30. The first-order chi connectivity index (χ1) is 8.08. The maximum Gasteiger partial charge on any atom is 0.141 e. The van der Waals surface area contributed by atoms with Gasteiger partial charge in [0.05, 0.1) is 5.02 Å². The van der Waals surface area contributed by atoms with Crippen LogP contribution in [0.4, 0.5) is 4.39 Å². The summed E-state index contributed by atoms with van der Waals surface area (Å²) in [5.74, 6) is 0.208. The lowest BCUT2D eigenvalue weighted by molar-refractivity contribution is 0.367. The predicted molar refractivity (Wildman–Crippen MR) is 72.0 cm³/mol. The third kappa shape index (κ3) is 4.29.